The van der Waals surface area contributed by atoms with Gasteiger partial charge in [0.15, 0.2) is 0 Å². The Labute approximate surface area is 139 Å². The Kier molecular flexibility index (Phi) is 5.20. The first-order valence-electron chi connectivity index (χ1n) is 5.79. The number of rotatable bonds is 6. The van der Waals surface area contributed by atoms with E-state index in [1.807, 2.05) is 11.4 Å². The Bertz CT molecular complexity index is 750. The average molecular weight is 410 g/mol. The lowest BCUT2D eigenvalue weighted by Gasteiger charge is -2.14. The van der Waals surface area contributed by atoms with Gasteiger partial charge in [-0.25, -0.2) is 8.42 Å². The van der Waals surface area contributed by atoms with Gasteiger partial charge in [0.2, 0.25) is 0 Å². The average Bonchev–Trinajstić information content (AvgIpc) is 2.98. The summed E-state index contributed by atoms with van der Waals surface area (Å²) in [6.07, 6.45) is -0.165. The summed E-state index contributed by atoms with van der Waals surface area (Å²) < 4.78 is 27.2. The number of hydrogen-bond donors (Lipinski definition) is 1. The summed E-state index contributed by atoms with van der Waals surface area (Å²) >= 11 is 5.80. The van der Waals surface area contributed by atoms with E-state index in [2.05, 4.69) is 15.9 Å². The van der Waals surface area contributed by atoms with Crippen molar-refractivity contribution >= 4 is 54.6 Å². The van der Waals surface area contributed by atoms with Crippen LogP contribution in [-0.2, 0) is 27.8 Å². The zero-order valence-corrected chi connectivity index (χ0v) is 15.0. The molecule has 5 nitrogen and oxygen atoms in total. The van der Waals surface area contributed by atoms with Crippen LogP contribution in [0.3, 0.4) is 0 Å². The summed E-state index contributed by atoms with van der Waals surface area (Å²) in [6.45, 7) is 0.283. The summed E-state index contributed by atoms with van der Waals surface area (Å²) in [5.41, 5.74) is 0. The molecule has 0 unspecified atom stereocenters. The molecule has 0 aliphatic rings. The topological polar surface area (TPSA) is 74.7 Å². The molecule has 9 heteroatoms. The van der Waals surface area contributed by atoms with Crippen LogP contribution in [0, 0.1) is 0 Å². The van der Waals surface area contributed by atoms with Gasteiger partial charge in [0.05, 0.1) is 6.42 Å². The SMILES string of the molecule is CN(Cc1cc(Br)cs1)S(=O)(=O)c1ccc(CC(=O)O)s1. The van der Waals surface area contributed by atoms with Crippen molar-refractivity contribution in [1.29, 1.82) is 0 Å². The van der Waals surface area contributed by atoms with Gasteiger partial charge >= 0.3 is 5.97 Å². The second-order valence-electron chi connectivity index (χ2n) is 4.28. The summed E-state index contributed by atoms with van der Waals surface area (Å²) in [7, 11) is -2.08. The van der Waals surface area contributed by atoms with Crippen molar-refractivity contribution in [2.24, 2.45) is 0 Å². The second-order valence-corrected chi connectivity index (χ2v) is 9.64. The molecule has 2 rings (SSSR count). The van der Waals surface area contributed by atoms with Gasteiger partial charge in [-0.1, -0.05) is 0 Å². The largest absolute Gasteiger partial charge is 0.481 e. The highest BCUT2D eigenvalue weighted by molar-refractivity contribution is 9.10. The standard InChI is InChI=1S/C12H12BrNO4S3/c1-14(6-10-4-8(13)7-19-10)21(17,18)12-3-2-9(20-12)5-11(15)16/h2-4,7H,5-6H2,1H3,(H,15,16). The first kappa shape index (κ1) is 16.6. The highest BCUT2D eigenvalue weighted by Crippen LogP contribution is 2.27. The second kappa shape index (κ2) is 6.57. The number of nitrogens with zero attached hydrogens (tertiary/aromatic N) is 1. The van der Waals surface area contributed by atoms with E-state index in [9.17, 15) is 13.2 Å². The first-order valence-corrected chi connectivity index (χ1v) is 9.71. The molecule has 0 spiro atoms. The quantitative estimate of drug-likeness (QED) is 0.795. The molecule has 1 N–H and O–H groups in total. The number of sulfonamides is 1. The molecule has 2 aromatic rings. The third-order valence-corrected chi connectivity index (χ3v) is 7.67. The van der Waals surface area contributed by atoms with Crippen LogP contribution in [-0.4, -0.2) is 30.8 Å². The fourth-order valence-electron chi connectivity index (χ4n) is 1.64. The van der Waals surface area contributed by atoms with Crippen molar-refractivity contribution in [2.45, 2.75) is 17.2 Å². The molecule has 0 atom stereocenters. The van der Waals surface area contributed by atoms with Crippen LogP contribution in [0.15, 0.2) is 32.3 Å². The molecule has 21 heavy (non-hydrogen) atoms. The zero-order chi connectivity index (χ0) is 15.6. The van der Waals surface area contributed by atoms with E-state index in [-0.39, 0.29) is 17.2 Å². The van der Waals surface area contributed by atoms with E-state index in [0.29, 0.717) is 4.88 Å². The summed E-state index contributed by atoms with van der Waals surface area (Å²) in [6, 6.07) is 4.88. The number of carbonyl (C=O) groups is 1. The predicted octanol–water partition coefficient (Wildman–Crippen LogP) is 3.02. The summed E-state index contributed by atoms with van der Waals surface area (Å²) in [5, 5.41) is 10.6. The lowest BCUT2D eigenvalue weighted by Crippen LogP contribution is -2.25. The van der Waals surface area contributed by atoms with Crippen LogP contribution >= 0.6 is 38.6 Å². The summed E-state index contributed by atoms with van der Waals surface area (Å²) in [5.74, 6) is -0.974. The Balaban J connectivity index is 2.16. The third kappa shape index (κ3) is 4.13. The van der Waals surface area contributed by atoms with E-state index < -0.39 is 16.0 Å². The summed E-state index contributed by atoms with van der Waals surface area (Å²) in [4.78, 5) is 12.1. The Morgan fingerprint density at radius 1 is 1.38 bits per heavy atom. The molecule has 2 heterocycles. The molecule has 0 saturated carbocycles. The molecule has 0 fully saturated rings. The fraction of sp³-hybridized carbons (Fsp3) is 0.250. The van der Waals surface area contributed by atoms with E-state index >= 15 is 0 Å². The molecule has 0 aromatic carbocycles. The minimum Gasteiger partial charge on any atom is -0.481 e. The molecule has 114 valence electrons. The minimum atomic E-state index is -3.59. The molecule has 0 aliphatic carbocycles. The highest BCUT2D eigenvalue weighted by Gasteiger charge is 2.23. The van der Waals surface area contributed by atoms with Gasteiger partial charge in [-0.2, -0.15) is 4.31 Å². The van der Waals surface area contributed by atoms with Crippen molar-refractivity contribution in [1.82, 2.24) is 4.31 Å². The molecule has 0 amide bonds. The van der Waals surface area contributed by atoms with E-state index in [0.717, 1.165) is 20.7 Å². The normalized spacial score (nSPS) is 12.0. The van der Waals surface area contributed by atoms with Crippen LogP contribution in [0.25, 0.3) is 0 Å². The van der Waals surface area contributed by atoms with E-state index in [1.165, 1.54) is 28.8 Å². The van der Waals surface area contributed by atoms with E-state index in [1.54, 1.807) is 6.07 Å². The van der Waals surface area contributed by atoms with Crippen LogP contribution in [0.4, 0.5) is 0 Å². The fourth-order valence-corrected chi connectivity index (χ4v) is 5.93. The van der Waals surface area contributed by atoms with Gasteiger partial charge in [-0.3, -0.25) is 4.79 Å². The number of carboxylic acid groups (broad SMARTS) is 1. The maximum Gasteiger partial charge on any atom is 0.308 e. The van der Waals surface area contributed by atoms with Crippen LogP contribution < -0.4 is 0 Å². The molecule has 0 radical (unpaired) electrons. The molecular weight excluding hydrogens is 398 g/mol. The van der Waals surface area contributed by atoms with Crippen molar-refractivity contribution in [2.75, 3.05) is 7.05 Å². The number of carboxylic acids is 1. The van der Waals surface area contributed by atoms with Crippen molar-refractivity contribution in [3.63, 3.8) is 0 Å². The van der Waals surface area contributed by atoms with Crippen LogP contribution in [0.2, 0.25) is 0 Å². The molecular formula is C12H12BrNO4S3. The number of aliphatic carboxylic acids is 1. The van der Waals surface area contributed by atoms with Crippen LogP contribution in [0.5, 0.6) is 0 Å². The monoisotopic (exact) mass is 409 g/mol. The first-order chi connectivity index (χ1) is 9.79. The minimum absolute atomic E-state index is 0.164. The van der Waals surface area contributed by atoms with Gasteiger partial charge < -0.3 is 5.11 Å². The Morgan fingerprint density at radius 2 is 2.10 bits per heavy atom. The Hall–Kier alpha value is -0.740. The van der Waals surface area contributed by atoms with Gasteiger partial charge in [0, 0.05) is 33.2 Å². The molecule has 0 saturated heterocycles. The van der Waals surface area contributed by atoms with Crippen molar-refractivity contribution in [3.05, 3.63) is 37.8 Å². The van der Waals surface area contributed by atoms with E-state index in [4.69, 9.17) is 5.11 Å². The maximum absolute atomic E-state index is 12.4. The third-order valence-electron chi connectivity index (χ3n) is 2.63. The number of hydrogen-bond acceptors (Lipinski definition) is 5. The van der Waals surface area contributed by atoms with Crippen molar-refractivity contribution in [3.8, 4) is 0 Å². The van der Waals surface area contributed by atoms with Gasteiger partial charge in [-0.15, -0.1) is 22.7 Å². The maximum atomic E-state index is 12.4. The molecule has 0 bridgehead atoms. The van der Waals surface area contributed by atoms with Gasteiger partial charge in [0.1, 0.15) is 4.21 Å². The van der Waals surface area contributed by atoms with Gasteiger partial charge in [-0.05, 0) is 34.1 Å². The molecule has 2 aromatic heterocycles. The van der Waals surface area contributed by atoms with Crippen molar-refractivity contribution < 1.29 is 18.3 Å². The van der Waals surface area contributed by atoms with Crippen LogP contribution in [0.1, 0.15) is 9.75 Å². The molecule has 0 aliphatic heterocycles. The lowest BCUT2D eigenvalue weighted by molar-refractivity contribution is -0.136. The number of halogens is 1. The predicted molar refractivity (Wildman–Crippen MR) is 86.3 cm³/mol. The lowest BCUT2D eigenvalue weighted by atomic mass is 10.3. The number of thiophene rings is 2. The Morgan fingerprint density at radius 3 is 2.67 bits per heavy atom. The smallest absolute Gasteiger partial charge is 0.308 e. The highest BCUT2D eigenvalue weighted by atomic mass is 79.9. The van der Waals surface area contributed by atoms with Gasteiger partial charge in [0.25, 0.3) is 10.0 Å². The zero-order valence-electron chi connectivity index (χ0n) is 10.9.